The van der Waals surface area contributed by atoms with Gasteiger partial charge >= 0.3 is 0 Å². The highest BCUT2D eigenvalue weighted by atomic mass is 79.9. The van der Waals surface area contributed by atoms with E-state index in [1.54, 1.807) is 0 Å². The van der Waals surface area contributed by atoms with Crippen LogP contribution in [0.2, 0.25) is 0 Å². The molecular formula is C14H21BrN2OS. The van der Waals surface area contributed by atoms with Crippen molar-refractivity contribution in [2.24, 2.45) is 0 Å². The van der Waals surface area contributed by atoms with E-state index in [4.69, 9.17) is 0 Å². The molecule has 5 heteroatoms. The fraction of sp³-hybridized carbons (Fsp3) is 0.643. The highest BCUT2D eigenvalue weighted by Crippen LogP contribution is 2.29. The molecule has 1 aromatic heterocycles. The SMILES string of the molecule is CCN1CCC(N(C)C(=O)c2cc(C)c(Br)s2)CC1. The summed E-state index contributed by atoms with van der Waals surface area (Å²) < 4.78 is 1.06. The van der Waals surface area contributed by atoms with E-state index >= 15 is 0 Å². The van der Waals surface area contributed by atoms with Crippen LogP contribution in [-0.2, 0) is 0 Å². The van der Waals surface area contributed by atoms with Gasteiger partial charge in [-0.25, -0.2) is 0 Å². The number of amides is 1. The first-order valence-electron chi connectivity index (χ1n) is 6.78. The first kappa shape index (κ1) is 15.0. The summed E-state index contributed by atoms with van der Waals surface area (Å²) >= 11 is 5.02. The molecule has 0 aliphatic carbocycles. The van der Waals surface area contributed by atoms with Gasteiger partial charge in [0.2, 0.25) is 0 Å². The zero-order valence-electron chi connectivity index (χ0n) is 11.8. The Kier molecular flexibility index (Phi) is 5.03. The molecule has 0 unspecified atom stereocenters. The third-order valence-corrected chi connectivity index (χ3v) is 6.06. The first-order valence-corrected chi connectivity index (χ1v) is 8.39. The predicted molar refractivity (Wildman–Crippen MR) is 84.0 cm³/mol. The first-order chi connectivity index (χ1) is 9.02. The minimum atomic E-state index is 0.161. The summed E-state index contributed by atoms with van der Waals surface area (Å²) in [5, 5.41) is 0. The second kappa shape index (κ2) is 6.37. The topological polar surface area (TPSA) is 23.6 Å². The number of piperidine rings is 1. The van der Waals surface area contributed by atoms with Gasteiger partial charge in [0.15, 0.2) is 0 Å². The van der Waals surface area contributed by atoms with Crippen LogP contribution in [0.25, 0.3) is 0 Å². The molecule has 0 aromatic carbocycles. The molecule has 0 atom stereocenters. The molecule has 1 amide bonds. The van der Waals surface area contributed by atoms with Crippen molar-refractivity contribution in [2.75, 3.05) is 26.7 Å². The van der Waals surface area contributed by atoms with Gasteiger partial charge in [-0.15, -0.1) is 11.3 Å². The van der Waals surface area contributed by atoms with Crippen LogP contribution in [0.1, 0.15) is 35.0 Å². The fourth-order valence-electron chi connectivity index (χ4n) is 2.53. The molecule has 0 N–H and O–H groups in total. The van der Waals surface area contributed by atoms with Gasteiger partial charge in [0.05, 0.1) is 8.66 Å². The van der Waals surface area contributed by atoms with Crippen LogP contribution >= 0.6 is 27.3 Å². The number of likely N-dealkylation sites (tertiary alicyclic amines) is 1. The maximum atomic E-state index is 12.5. The van der Waals surface area contributed by atoms with E-state index < -0.39 is 0 Å². The number of halogens is 1. The van der Waals surface area contributed by atoms with Crippen molar-refractivity contribution in [1.29, 1.82) is 0 Å². The van der Waals surface area contributed by atoms with Crippen molar-refractivity contribution >= 4 is 33.2 Å². The van der Waals surface area contributed by atoms with Crippen LogP contribution in [0.15, 0.2) is 9.85 Å². The highest BCUT2D eigenvalue weighted by molar-refractivity contribution is 9.11. The van der Waals surface area contributed by atoms with Crippen LogP contribution in [-0.4, -0.2) is 48.4 Å². The van der Waals surface area contributed by atoms with Crippen LogP contribution < -0.4 is 0 Å². The Bertz CT molecular complexity index is 433. The molecule has 0 spiro atoms. The van der Waals surface area contributed by atoms with Gasteiger partial charge in [-0.2, -0.15) is 0 Å². The van der Waals surface area contributed by atoms with E-state index in [9.17, 15) is 4.79 Å². The Labute approximate surface area is 127 Å². The molecule has 1 fully saturated rings. The monoisotopic (exact) mass is 344 g/mol. The molecule has 2 heterocycles. The molecule has 1 saturated heterocycles. The molecule has 106 valence electrons. The number of aryl methyl sites for hydroxylation is 1. The number of hydrogen-bond donors (Lipinski definition) is 0. The highest BCUT2D eigenvalue weighted by Gasteiger charge is 2.26. The summed E-state index contributed by atoms with van der Waals surface area (Å²) in [6.07, 6.45) is 2.17. The maximum Gasteiger partial charge on any atom is 0.263 e. The molecule has 0 bridgehead atoms. The minimum absolute atomic E-state index is 0.161. The van der Waals surface area contributed by atoms with Crippen molar-refractivity contribution in [3.63, 3.8) is 0 Å². The van der Waals surface area contributed by atoms with Gasteiger partial charge < -0.3 is 9.80 Å². The van der Waals surface area contributed by atoms with Gasteiger partial charge in [0.25, 0.3) is 5.91 Å². The van der Waals surface area contributed by atoms with E-state index in [1.807, 2.05) is 24.9 Å². The summed E-state index contributed by atoms with van der Waals surface area (Å²) in [5.41, 5.74) is 1.14. The second-order valence-electron chi connectivity index (χ2n) is 5.15. The Morgan fingerprint density at radius 3 is 2.63 bits per heavy atom. The Balaban J connectivity index is 2.00. The fourth-order valence-corrected chi connectivity index (χ4v) is 4.05. The largest absolute Gasteiger partial charge is 0.338 e. The molecule has 3 nitrogen and oxygen atoms in total. The number of carbonyl (C=O) groups excluding carboxylic acids is 1. The third kappa shape index (κ3) is 3.38. The van der Waals surface area contributed by atoms with Crippen molar-refractivity contribution in [3.05, 3.63) is 20.3 Å². The summed E-state index contributed by atoms with van der Waals surface area (Å²) in [6.45, 7) is 7.54. The normalized spacial score (nSPS) is 17.7. The van der Waals surface area contributed by atoms with E-state index in [1.165, 1.54) is 11.3 Å². The van der Waals surface area contributed by atoms with E-state index in [0.717, 1.165) is 46.7 Å². The maximum absolute atomic E-state index is 12.5. The lowest BCUT2D eigenvalue weighted by atomic mass is 10.0. The van der Waals surface area contributed by atoms with Gasteiger partial charge in [-0.1, -0.05) is 6.92 Å². The summed E-state index contributed by atoms with van der Waals surface area (Å²) in [6, 6.07) is 2.37. The zero-order valence-corrected chi connectivity index (χ0v) is 14.2. The van der Waals surface area contributed by atoms with Crippen LogP contribution in [0.5, 0.6) is 0 Å². The molecule has 0 saturated carbocycles. The molecule has 0 radical (unpaired) electrons. The van der Waals surface area contributed by atoms with E-state index in [-0.39, 0.29) is 5.91 Å². The number of rotatable bonds is 3. The van der Waals surface area contributed by atoms with Crippen molar-refractivity contribution in [2.45, 2.75) is 32.7 Å². The lowest BCUT2D eigenvalue weighted by Crippen LogP contribution is -2.45. The smallest absolute Gasteiger partial charge is 0.263 e. The number of hydrogen-bond acceptors (Lipinski definition) is 3. The molecule has 2 rings (SSSR count). The van der Waals surface area contributed by atoms with E-state index in [2.05, 4.69) is 27.8 Å². The predicted octanol–water partition coefficient (Wildman–Crippen LogP) is 3.38. The van der Waals surface area contributed by atoms with E-state index in [0.29, 0.717) is 6.04 Å². The lowest BCUT2D eigenvalue weighted by molar-refractivity contribution is 0.0651. The van der Waals surface area contributed by atoms with Crippen LogP contribution in [0.3, 0.4) is 0 Å². The Morgan fingerprint density at radius 2 is 2.16 bits per heavy atom. The van der Waals surface area contributed by atoms with Crippen molar-refractivity contribution in [3.8, 4) is 0 Å². The second-order valence-corrected chi connectivity index (χ2v) is 7.52. The van der Waals surface area contributed by atoms with Crippen molar-refractivity contribution < 1.29 is 4.79 Å². The minimum Gasteiger partial charge on any atom is -0.338 e. The van der Waals surface area contributed by atoms with Crippen LogP contribution in [0, 0.1) is 6.92 Å². The van der Waals surface area contributed by atoms with Crippen molar-refractivity contribution in [1.82, 2.24) is 9.80 Å². The Morgan fingerprint density at radius 1 is 1.53 bits per heavy atom. The molecular weight excluding hydrogens is 324 g/mol. The quantitative estimate of drug-likeness (QED) is 0.839. The average Bonchev–Trinajstić information content (AvgIpc) is 2.77. The molecule has 1 aliphatic heterocycles. The lowest BCUT2D eigenvalue weighted by Gasteiger charge is -2.36. The molecule has 1 aliphatic rings. The number of thiophene rings is 1. The molecule has 19 heavy (non-hydrogen) atoms. The molecule has 1 aromatic rings. The average molecular weight is 345 g/mol. The standard InChI is InChI=1S/C14H21BrN2OS/c1-4-17-7-5-11(6-8-17)16(3)14(18)12-9-10(2)13(15)19-12/h9,11H,4-8H2,1-3H3. The van der Waals surface area contributed by atoms with Gasteiger partial charge in [0.1, 0.15) is 0 Å². The zero-order chi connectivity index (χ0) is 14.0. The summed E-state index contributed by atoms with van der Waals surface area (Å²) in [7, 11) is 1.94. The third-order valence-electron chi connectivity index (χ3n) is 3.94. The van der Waals surface area contributed by atoms with Crippen LogP contribution in [0.4, 0.5) is 0 Å². The number of carbonyl (C=O) groups is 1. The Hall–Kier alpha value is -0.390. The number of nitrogens with zero attached hydrogens (tertiary/aromatic N) is 2. The van der Waals surface area contributed by atoms with Gasteiger partial charge in [-0.05, 0) is 53.9 Å². The summed E-state index contributed by atoms with van der Waals surface area (Å²) in [4.78, 5) is 17.7. The summed E-state index contributed by atoms with van der Waals surface area (Å²) in [5.74, 6) is 0.161. The van der Waals surface area contributed by atoms with Gasteiger partial charge in [-0.3, -0.25) is 4.79 Å². The van der Waals surface area contributed by atoms with Gasteiger partial charge in [0, 0.05) is 26.2 Å².